The number of aromatic nitrogens is 4. The molecule has 0 bridgehead atoms. The molecule has 4 aromatic heterocycles. The second-order valence-corrected chi connectivity index (χ2v) is 9.11. The highest BCUT2D eigenvalue weighted by Gasteiger charge is 2.16. The van der Waals surface area contributed by atoms with Crippen molar-refractivity contribution in [1.29, 1.82) is 0 Å². The summed E-state index contributed by atoms with van der Waals surface area (Å²) in [6.07, 6.45) is 6.18. The molecule has 0 radical (unpaired) electrons. The lowest BCUT2D eigenvalue weighted by molar-refractivity contribution is 0.220. The van der Waals surface area contributed by atoms with Gasteiger partial charge in [0, 0.05) is 65.2 Å². The predicted octanol–water partition coefficient (Wildman–Crippen LogP) is 5.13. The Balaban J connectivity index is 0.000000376. The smallest absolute Gasteiger partial charge is 0.252 e. The van der Waals surface area contributed by atoms with Crippen molar-refractivity contribution >= 4 is 34.0 Å². The number of aliphatic hydroxyl groups excluding tert-OH is 1. The van der Waals surface area contributed by atoms with E-state index in [9.17, 15) is 9.90 Å². The maximum Gasteiger partial charge on any atom is 0.252 e. The van der Waals surface area contributed by atoms with Crippen LogP contribution in [0.25, 0.3) is 21.5 Å². The van der Waals surface area contributed by atoms with Gasteiger partial charge in [0.1, 0.15) is 11.8 Å². The molecule has 0 fully saturated rings. The van der Waals surface area contributed by atoms with E-state index in [0.717, 1.165) is 27.0 Å². The first-order valence-electron chi connectivity index (χ1n) is 10.2. The summed E-state index contributed by atoms with van der Waals surface area (Å²) >= 11 is 7.53. The molecule has 4 heterocycles. The molecule has 1 unspecified atom stereocenters. The van der Waals surface area contributed by atoms with Gasteiger partial charge in [-0.15, -0.1) is 11.3 Å². The number of thiophene rings is 1. The first kappa shape index (κ1) is 22.9. The number of aryl methyl sites for hydroxylation is 3. The molecule has 8 heteroatoms. The molecular formula is C25H23ClN4O2S. The van der Waals surface area contributed by atoms with Gasteiger partial charge in [-0.05, 0) is 47.7 Å². The quantitative estimate of drug-likeness (QED) is 0.390. The second-order valence-electron chi connectivity index (χ2n) is 7.77. The van der Waals surface area contributed by atoms with Crippen molar-refractivity contribution in [2.75, 3.05) is 0 Å². The van der Waals surface area contributed by atoms with Crippen LogP contribution in [0, 0.1) is 6.92 Å². The number of rotatable bonds is 3. The Labute approximate surface area is 200 Å². The number of nitrogens with zero attached hydrogens (tertiary/aromatic N) is 4. The van der Waals surface area contributed by atoms with Crippen LogP contribution in [0.15, 0.2) is 77.6 Å². The van der Waals surface area contributed by atoms with E-state index >= 15 is 0 Å². The van der Waals surface area contributed by atoms with E-state index in [-0.39, 0.29) is 5.56 Å². The average Bonchev–Trinajstić information content (AvgIpc) is 3.47. The SMILES string of the molecule is Cc1csc(-c2cc(=O)n(C)c3ncc(C(O)c4ccc(Cl)cc4)cc23)c1.Cn1ccnc1. The molecule has 6 nitrogen and oxygen atoms in total. The van der Waals surface area contributed by atoms with Gasteiger partial charge in [0.25, 0.3) is 5.56 Å². The van der Waals surface area contributed by atoms with Crippen LogP contribution in [0.4, 0.5) is 0 Å². The summed E-state index contributed by atoms with van der Waals surface area (Å²) in [4.78, 5) is 21.6. The Kier molecular flexibility index (Phi) is 6.74. The Morgan fingerprint density at radius 3 is 2.42 bits per heavy atom. The predicted molar refractivity (Wildman–Crippen MR) is 134 cm³/mol. The van der Waals surface area contributed by atoms with Gasteiger partial charge in [0.15, 0.2) is 0 Å². The molecule has 1 atom stereocenters. The van der Waals surface area contributed by atoms with Crippen molar-refractivity contribution in [2.24, 2.45) is 14.1 Å². The molecular weight excluding hydrogens is 456 g/mol. The first-order chi connectivity index (χ1) is 15.8. The topological polar surface area (TPSA) is 72.9 Å². The highest BCUT2D eigenvalue weighted by molar-refractivity contribution is 7.13. The highest BCUT2D eigenvalue weighted by atomic mass is 35.5. The lowest BCUT2D eigenvalue weighted by Crippen LogP contribution is -2.17. The van der Waals surface area contributed by atoms with Gasteiger partial charge >= 0.3 is 0 Å². The summed E-state index contributed by atoms with van der Waals surface area (Å²) in [6, 6.07) is 12.7. The maximum absolute atomic E-state index is 12.4. The van der Waals surface area contributed by atoms with E-state index in [0.29, 0.717) is 16.2 Å². The number of hydrogen-bond acceptors (Lipinski definition) is 5. The van der Waals surface area contributed by atoms with Crippen molar-refractivity contribution in [1.82, 2.24) is 19.1 Å². The third-order valence-corrected chi connectivity index (χ3v) is 6.56. The monoisotopic (exact) mass is 478 g/mol. The summed E-state index contributed by atoms with van der Waals surface area (Å²) in [5, 5.41) is 14.3. The van der Waals surface area contributed by atoms with E-state index in [1.165, 1.54) is 4.57 Å². The summed E-state index contributed by atoms with van der Waals surface area (Å²) < 4.78 is 3.41. The van der Waals surface area contributed by atoms with Gasteiger partial charge in [0.05, 0.1) is 6.33 Å². The molecule has 0 spiro atoms. The second kappa shape index (κ2) is 9.70. The standard InChI is InChI=1S/C21H17ClN2O2S.C4H6N2/c1-12-7-18(27-11-12)16-9-19(25)24(2)21-17(16)8-14(10-23-21)20(26)13-3-5-15(22)6-4-13;1-6-3-2-5-4-6/h3-11,20,26H,1-2H3;2-4H,1H3. The molecule has 168 valence electrons. The number of pyridine rings is 2. The number of aliphatic hydroxyl groups is 1. The van der Waals surface area contributed by atoms with Crippen LogP contribution in [0.5, 0.6) is 0 Å². The largest absolute Gasteiger partial charge is 0.384 e. The third kappa shape index (κ3) is 5.06. The maximum atomic E-state index is 12.4. The number of imidazole rings is 1. The van der Waals surface area contributed by atoms with E-state index in [2.05, 4.69) is 21.4 Å². The summed E-state index contributed by atoms with van der Waals surface area (Å²) in [5.74, 6) is 0. The van der Waals surface area contributed by atoms with Gasteiger partial charge in [0.2, 0.25) is 0 Å². The van der Waals surface area contributed by atoms with Gasteiger partial charge in [-0.25, -0.2) is 9.97 Å². The zero-order valence-corrected chi connectivity index (χ0v) is 20.0. The zero-order chi connectivity index (χ0) is 23.5. The van der Waals surface area contributed by atoms with Crippen molar-refractivity contribution in [3.8, 4) is 10.4 Å². The molecule has 33 heavy (non-hydrogen) atoms. The van der Waals surface area contributed by atoms with Crippen LogP contribution in [0.2, 0.25) is 5.02 Å². The third-order valence-electron chi connectivity index (χ3n) is 5.23. The van der Waals surface area contributed by atoms with Crippen molar-refractivity contribution in [2.45, 2.75) is 13.0 Å². The Morgan fingerprint density at radius 2 is 1.85 bits per heavy atom. The molecule has 5 aromatic rings. The fourth-order valence-corrected chi connectivity index (χ4v) is 4.49. The van der Waals surface area contributed by atoms with E-state index < -0.39 is 6.10 Å². The first-order valence-corrected chi connectivity index (χ1v) is 11.5. The molecule has 0 aliphatic rings. The minimum absolute atomic E-state index is 0.109. The van der Waals surface area contributed by atoms with Crippen molar-refractivity contribution in [3.05, 3.63) is 105 Å². The zero-order valence-electron chi connectivity index (χ0n) is 18.4. The fourth-order valence-electron chi connectivity index (χ4n) is 3.43. The lowest BCUT2D eigenvalue weighted by Gasteiger charge is -2.14. The number of halogens is 1. The van der Waals surface area contributed by atoms with Crippen molar-refractivity contribution < 1.29 is 5.11 Å². The van der Waals surface area contributed by atoms with E-state index in [1.807, 2.05) is 30.8 Å². The van der Waals surface area contributed by atoms with Crippen LogP contribution < -0.4 is 5.56 Å². The van der Waals surface area contributed by atoms with Crippen LogP contribution >= 0.6 is 22.9 Å². The van der Waals surface area contributed by atoms with Gasteiger partial charge < -0.3 is 9.67 Å². The summed E-state index contributed by atoms with van der Waals surface area (Å²) in [7, 11) is 3.64. The van der Waals surface area contributed by atoms with Crippen LogP contribution in [-0.4, -0.2) is 24.2 Å². The molecule has 0 saturated heterocycles. The normalized spacial score (nSPS) is 11.8. The summed E-state index contributed by atoms with van der Waals surface area (Å²) in [6.45, 7) is 2.03. The number of fused-ring (bicyclic) bond motifs is 1. The summed E-state index contributed by atoms with van der Waals surface area (Å²) in [5.41, 5.74) is 3.87. The van der Waals surface area contributed by atoms with E-state index in [4.69, 9.17) is 11.6 Å². The Morgan fingerprint density at radius 1 is 1.09 bits per heavy atom. The Bertz CT molecular complexity index is 1440. The Hall–Kier alpha value is -3.26. The van der Waals surface area contributed by atoms with Crippen LogP contribution in [-0.2, 0) is 14.1 Å². The highest BCUT2D eigenvalue weighted by Crippen LogP contribution is 2.33. The minimum atomic E-state index is -0.825. The molecule has 1 N–H and O–H groups in total. The van der Waals surface area contributed by atoms with Crippen LogP contribution in [0.1, 0.15) is 22.8 Å². The molecule has 0 saturated carbocycles. The average molecular weight is 479 g/mol. The van der Waals surface area contributed by atoms with Gasteiger partial charge in [-0.2, -0.15) is 0 Å². The number of benzene rings is 1. The van der Waals surface area contributed by atoms with Crippen LogP contribution in [0.3, 0.4) is 0 Å². The van der Waals surface area contributed by atoms with Gasteiger partial charge in [-0.3, -0.25) is 9.36 Å². The lowest BCUT2D eigenvalue weighted by atomic mass is 10.0. The molecule has 1 aromatic carbocycles. The fraction of sp³-hybridized carbons (Fsp3) is 0.160. The minimum Gasteiger partial charge on any atom is -0.384 e. The number of hydrogen-bond donors (Lipinski definition) is 1. The molecule has 0 amide bonds. The molecule has 0 aliphatic carbocycles. The van der Waals surface area contributed by atoms with E-state index in [1.54, 1.807) is 67.4 Å². The molecule has 5 rings (SSSR count). The van der Waals surface area contributed by atoms with Gasteiger partial charge in [-0.1, -0.05) is 23.7 Å². The molecule has 0 aliphatic heterocycles. The van der Waals surface area contributed by atoms with Crippen molar-refractivity contribution in [3.63, 3.8) is 0 Å².